The molecule has 0 aliphatic heterocycles. The highest BCUT2D eigenvalue weighted by molar-refractivity contribution is 9.10. The molecule has 0 spiro atoms. The van der Waals surface area contributed by atoms with Gasteiger partial charge in [-0.15, -0.1) is 0 Å². The van der Waals surface area contributed by atoms with Crippen LogP contribution in [0.25, 0.3) is 5.82 Å². The Morgan fingerprint density at radius 1 is 1.00 bits per heavy atom. The molecule has 0 amide bonds. The van der Waals surface area contributed by atoms with Crippen molar-refractivity contribution in [3.63, 3.8) is 0 Å². The van der Waals surface area contributed by atoms with Crippen LogP contribution in [-0.2, 0) is 10.0 Å². The molecular weight excluding hydrogens is 458 g/mol. The van der Waals surface area contributed by atoms with E-state index in [-0.39, 0.29) is 4.90 Å². The molecule has 1 N–H and O–H groups in total. The third-order valence-corrected chi connectivity index (χ3v) is 6.22. The molecule has 146 valence electrons. The monoisotopic (exact) mass is 471 g/mol. The molecule has 2 aromatic carbocycles. The Bertz CT molecular complexity index is 1230. The van der Waals surface area contributed by atoms with Gasteiger partial charge in [0.25, 0.3) is 10.0 Å². The van der Waals surface area contributed by atoms with Crippen LogP contribution in [0.1, 0.15) is 0 Å². The summed E-state index contributed by atoms with van der Waals surface area (Å²) in [4.78, 5) is 8.39. The quantitative estimate of drug-likeness (QED) is 0.455. The zero-order chi connectivity index (χ0) is 20.3. The number of hydrogen-bond donors (Lipinski definition) is 1. The molecule has 0 fully saturated rings. The number of nitrogens with zero attached hydrogens (tertiary/aromatic N) is 4. The van der Waals surface area contributed by atoms with Crippen LogP contribution in [0.4, 0.5) is 5.69 Å². The fourth-order valence-electron chi connectivity index (χ4n) is 2.50. The Kier molecular flexibility index (Phi) is 5.28. The van der Waals surface area contributed by atoms with E-state index in [2.05, 4.69) is 35.7 Å². The Labute approximate surface area is 175 Å². The van der Waals surface area contributed by atoms with Crippen LogP contribution in [0.2, 0.25) is 0 Å². The normalized spacial score (nSPS) is 11.2. The van der Waals surface area contributed by atoms with Crippen LogP contribution in [-0.4, -0.2) is 28.2 Å². The molecule has 0 saturated heterocycles. The number of benzene rings is 2. The summed E-state index contributed by atoms with van der Waals surface area (Å²) in [5, 5.41) is 4.11. The first-order chi connectivity index (χ1) is 14.0. The summed E-state index contributed by atoms with van der Waals surface area (Å²) in [6, 6.07) is 16.6. The maximum atomic E-state index is 12.6. The van der Waals surface area contributed by atoms with E-state index in [1.54, 1.807) is 71.7 Å². The van der Waals surface area contributed by atoms with Crippen molar-refractivity contribution in [3.8, 4) is 17.4 Å². The lowest BCUT2D eigenvalue weighted by atomic mass is 10.3. The van der Waals surface area contributed by atoms with E-state index in [0.717, 1.165) is 0 Å². The van der Waals surface area contributed by atoms with E-state index in [1.807, 2.05) is 0 Å². The van der Waals surface area contributed by atoms with Crippen LogP contribution in [0.15, 0.2) is 88.8 Å². The van der Waals surface area contributed by atoms with E-state index < -0.39 is 10.0 Å². The number of halogens is 1. The Balaban J connectivity index is 1.49. The van der Waals surface area contributed by atoms with Gasteiger partial charge in [-0.05, 0) is 58.4 Å². The third kappa shape index (κ3) is 4.44. The first-order valence-corrected chi connectivity index (χ1v) is 10.7. The molecule has 0 radical (unpaired) electrons. The topological polar surface area (TPSA) is 99.0 Å². The molecule has 0 saturated carbocycles. The van der Waals surface area contributed by atoms with Crippen LogP contribution in [0.3, 0.4) is 0 Å². The summed E-state index contributed by atoms with van der Waals surface area (Å²) < 4.78 is 35.5. The minimum atomic E-state index is -3.71. The number of rotatable bonds is 6. The summed E-state index contributed by atoms with van der Waals surface area (Å²) in [7, 11) is -3.71. The van der Waals surface area contributed by atoms with Crippen molar-refractivity contribution in [1.29, 1.82) is 0 Å². The minimum absolute atomic E-state index is 0.160. The predicted molar refractivity (Wildman–Crippen MR) is 111 cm³/mol. The summed E-state index contributed by atoms with van der Waals surface area (Å²) in [6.45, 7) is 0. The second-order valence-corrected chi connectivity index (χ2v) is 8.33. The molecule has 8 nitrogen and oxygen atoms in total. The molecule has 4 aromatic rings. The van der Waals surface area contributed by atoms with Gasteiger partial charge in [-0.3, -0.25) is 4.72 Å². The van der Waals surface area contributed by atoms with Gasteiger partial charge in [-0.1, -0.05) is 12.1 Å². The van der Waals surface area contributed by atoms with E-state index in [1.165, 1.54) is 12.4 Å². The molecule has 0 unspecified atom stereocenters. The standard InChI is InChI=1S/C19H14BrN5O3S/c20-16-4-1-2-5-17(16)29(26,27)24-14-6-8-15(9-7-14)28-19-12-18(21-13-22-19)25-11-3-10-23-25/h1-13,24H. The van der Waals surface area contributed by atoms with Gasteiger partial charge in [0.15, 0.2) is 5.82 Å². The Morgan fingerprint density at radius 3 is 2.52 bits per heavy atom. The van der Waals surface area contributed by atoms with Crippen molar-refractivity contribution in [3.05, 3.63) is 83.9 Å². The highest BCUT2D eigenvalue weighted by atomic mass is 79.9. The predicted octanol–water partition coefficient (Wildman–Crippen LogP) is 4.02. The van der Waals surface area contributed by atoms with Crippen molar-refractivity contribution in [2.45, 2.75) is 4.90 Å². The average molecular weight is 472 g/mol. The zero-order valence-electron chi connectivity index (χ0n) is 14.8. The zero-order valence-corrected chi connectivity index (χ0v) is 17.2. The number of ether oxygens (including phenoxy) is 1. The van der Waals surface area contributed by atoms with Gasteiger partial charge in [0, 0.05) is 28.6 Å². The van der Waals surface area contributed by atoms with Crippen molar-refractivity contribution in [2.75, 3.05) is 4.72 Å². The van der Waals surface area contributed by atoms with Gasteiger partial charge >= 0.3 is 0 Å². The van der Waals surface area contributed by atoms with E-state index in [0.29, 0.717) is 27.6 Å². The number of hydrogen-bond acceptors (Lipinski definition) is 6. The first kappa shape index (κ1) is 19.1. The number of nitrogens with one attached hydrogen (secondary N) is 1. The van der Waals surface area contributed by atoms with Crippen LogP contribution < -0.4 is 9.46 Å². The molecule has 2 aromatic heterocycles. The lowest BCUT2D eigenvalue weighted by Gasteiger charge is -2.10. The summed E-state index contributed by atoms with van der Waals surface area (Å²) in [6.07, 6.45) is 4.79. The molecule has 4 rings (SSSR count). The maximum absolute atomic E-state index is 12.6. The van der Waals surface area contributed by atoms with Crippen molar-refractivity contribution in [1.82, 2.24) is 19.7 Å². The highest BCUT2D eigenvalue weighted by Gasteiger charge is 2.17. The van der Waals surface area contributed by atoms with Crippen molar-refractivity contribution in [2.24, 2.45) is 0 Å². The van der Waals surface area contributed by atoms with Crippen LogP contribution in [0.5, 0.6) is 11.6 Å². The van der Waals surface area contributed by atoms with E-state index in [4.69, 9.17) is 4.74 Å². The molecule has 29 heavy (non-hydrogen) atoms. The van der Waals surface area contributed by atoms with E-state index in [9.17, 15) is 8.42 Å². The number of aromatic nitrogens is 4. The van der Waals surface area contributed by atoms with Gasteiger partial charge in [-0.2, -0.15) is 5.10 Å². The summed E-state index contributed by atoms with van der Waals surface area (Å²) >= 11 is 3.26. The van der Waals surface area contributed by atoms with E-state index >= 15 is 0 Å². The molecule has 0 aliphatic rings. The highest BCUT2D eigenvalue weighted by Crippen LogP contribution is 2.26. The lowest BCUT2D eigenvalue weighted by molar-refractivity contribution is 0.460. The Hall–Kier alpha value is -3.24. The molecule has 10 heteroatoms. The molecule has 0 bridgehead atoms. The number of sulfonamides is 1. The first-order valence-electron chi connectivity index (χ1n) is 8.39. The summed E-state index contributed by atoms with van der Waals surface area (Å²) in [5.74, 6) is 1.41. The van der Waals surface area contributed by atoms with Crippen molar-refractivity contribution >= 4 is 31.6 Å². The van der Waals surface area contributed by atoms with Crippen LogP contribution >= 0.6 is 15.9 Å². The fraction of sp³-hybridized carbons (Fsp3) is 0. The Morgan fingerprint density at radius 2 is 1.79 bits per heavy atom. The van der Waals surface area contributed by atoms with Gasteiger partial charge in [0.1, 0.15) is 17.0 Å². The lowest BCUT2D eigenvalue weighted by Crippen LogP contribution is -2.13. The third-order valence-electron chi connectivity index (χ3n) is 3.82. The van der Waals surface area contributed by atoms with Gasteiger partial charge in [0.2, 0.25) is 5.88 Å². The number of anilines is 1. The molecular formula is C19H14BrN5O3S. The van der Waals surface area contributed by atoms with Gasteiger partial charge in [0.05, 0.1) is 0 Å². The van der Waals surface area contributed by atoms with Crippen molar-refractivity contribution < 1.29 is 13.2 Å². The average Bonchev–Trinajstić information content (AvgIpc) is 3.25. The second-order valence-electron chi connectivity index (χ2n) is 5.83. The molecule has 0 atom stereocenters. The summed E-state index contributed by atoms with van der Waals surface area (Å²) in [5.41, 5.74) is 0.410. The second kappa shape index (κ2) is 8.02. The van der Waals surface area contributed by atoms with Gasteiger partial charge < -0.3 is 4.74 Å². The van der Waals surface area contributed by atoms with Crippen LogP contribution in [0, 0.1) is 0 Å². The minimum Gasteiger partial charge on any atom is -0.439 e. The molecule has 0 aliphatic carbocycles. The van der Waals surface area contributed by atoms with Gasteiger partial charge in [-0.25, -0.2) is 23.1 Å². The maximum Gasteiger partial charge on any atom is 0.263 e. The molecule has 2 heterocycles. The smallest absolute Gasteiger partial charge is 0.263 e. The fourth-order valence-corrected chi connectivity index (χ4v) is 4.56. The largest absolute Gasteiger partial charge is 0.439 e. The SMILES string of the molecule is O=S(=O)(Nc1ccc(Oc2cc(-n3cccn3)ncn2)cc1)c1ccccc1Br.